The molecular formula is C16H27N3S2. The van der Waals surface area contributed by atoms with E-state index in [-0.39, 0.29) is 0 Å². The predicted octanol–water partition coefficient (Wildman–Crippen LogP) is 3.58. The Bertz CT molecular complexity index is 445. The highest BCUT2D eigenvalue weighted by Gasteiger charge is 2.10. The van der Waals surface area contributed by atoms with Gasteiger partial charge in [-0.2, -0.15) is 0 Å². The first kappa shape index (κ1) is 18.3. The molecule has 0 heterocycles. The number of thioether (sulfide) groups is 1. The van der Waals surface area contributed by atoms with Crippen LogP contribution in [-0.4, -0.2) is 41.8 Å². The van der Waals surface area contributed by atoms with Gasteiger partial charge in [0, 0.05) is 22.7 Å². The van der Waals surface area contributed by atoms with Crippen molar-refractivity contribution in [3.8, 4) is 0 Å². The summed E-state index contributed by atoms with van der Waals surface area (Å²) in [5.74, 6) is 1.01. The van der Waals surface area contributed by atoms with Gasteiger partial charge < -0.3 is 16.0 Å². The summed E-state index contributed by atoms with van der Waals surface area (Å²) in [4.78, 5) is 4.07. The van der Waals surface area contributed by atoms with Gasteiger partial charge in [0.05, 0.1) is 0 Å². The first-order chi connectivity index (χ1) is 10.1. The van der Waals surface area contributed by atoms with Gasteiger partial charge in [0.1, 0.15) is 4.99 Å². The lowest BCUT2D eigenvalue weighted by atomic mass is 10.1. The minimum atomic E-state index is 0.470. The third-order valence-electron chi connectivity index (χ3n) is 3.43. The van der Waals surface area contributed by atoms with E-state index in [1.54, 1.807) is 11.8 Å². The first-order valence-corrected chi connectivity index (χ1v) is 9.05. The number of anilines is 1. The molecule has 0 saturated heterocycles. The smallest absolute Gasteiger partial charge is 0.107 e. The summed E-state index contributed by atoms with van der Waals surface area (Å²) < 4.78 is 0. The van der Waals surface area contributed by atoms with Crippen LogP contribution in [0.4, 0.5) is 5.69 Å². The molecule has 1 aromatic carbocycles. The maximum atomic E-state index is 5.91. The fourth-order valence-electron chi connectivity index (χ4n) is 2.27. The highest BCUT2D eigenvalue weighted by Crippen LogP contribution is 2.28. The van der Waals surface area contributed by atoms with Gasteiger partial charge in [-0.3, -0.25) is 0 Å². The second kappa shape index (κ2) is 10.0. The minimum absolute atomic E-state index is 0.470. The molecule has 0 bridgehead atoms. The maximum Gasteiger partial charge on any atom is 0.107 e. The van der Waals surface area contributed by atoms with Crippen molar-refractivity contribution < 1.29 is 0 Å². The fraction of sp³-hybridized carbons (Fsp3) is 0.562. The van der Waals surface area contributed by atoms with Gasteiger partial charge in [-0.25, -0.2) is 0 Å². The van der Waals surface area contributed by atoms with Crippen molar-refractivity contribution in [2.24, 2.45) is 5.73 Å². The quantitative estimate of drug-likeness (QED) is 0.391. The van der Waals surface area contributed by atoms with E-state index in [1.807, 2.05) is 0 Å². The Balaban J connectivity index is 2.66. The molecule has 0 amide bonds. The Morgan fingerprint density at radius 3 is 2.57 bits per heavy atom. The number of benzene rings is 1. The van der Waals surface area contributed by atoms with Gasteiger partial charge in [0.25, 0.3) is 0 Å². The second-order valence-corrected chi connectivity index (χ2v) is 6.53. The molecule has 0 aliphatic carbocycles. The topological polar surface area (TPSA) is 41.3 Å². The van der Waals surface area contributed by atoms with Gasteiger partial charge in [-0.1, -0.05) is 39.1 Å². The Morgan fingerprint density at radius 2 is 2.00 bits per heavy atom. The molecule has 3 nitrogen and oxygen atoms in total. The summed E-state index contributed by atoms with van der Waals surface area (Å²) in [5.41, 5.74) is 7.96. The minimum Gasteiger partial charge on any atom is -0.389 e. The molecule has 118 valence electrons. The van der Waals surface area contributed by atoms with E-state index >= 15 is 0 Å². The van der Waals surface area contributed by atoms with E-state index in [0.29, 0.717) is 4.99 Å². The number of hydrogen-bond acceptors (Lipinski definition) is 4. The molecule has 1 rings (SSSR count). The molecule has 3 N–H and O–H groups in total. The van der Waals surface area contributed by atoms with Crippen molar-refractivity contribution in [1.29, 1.82) is 0 Å². The summed E-state index contributed by atoms with van der Waals surface area (Å²) in [6.45, 7) is 10.8. The van der Waals surface area contributed by atoms with Gasteiger partial charge in [0.15, 0.2) is 0 Å². The number of nitrogens with two attached hydrogens (primary N) is 1. The molecule has 0 aromatic heterocycles. The molecule has 0 radical (unpaired) electrons. The summed E-state index contributed by atoms with van der Waals surface area (Å²) in [7, 11) is 0. The molecule has 0 spiro atoms. The lowest BCUT2D eigenvalue weighted by Crippen LogP contribution is -2.25. The van der Waals surface area contributed by atoms with Crippen LogP contribution in [0.5, 0.6) is 0 Å². The highest BCUT2D eigenvalue weighted by atomic mass is 32.2. The first-order valence-electron chi connectivity index (χ1n) is 7.65. The summed E-state index contributed by atoms with van der Waals surface area (Å²) >= 11 is 7.01. The number of nitrogens with one attached hydrogen (secondary N) is 1. The van der Waals surface area contributed by atoms with Crippen molar-refractivity contribution in [2.45, 2.75) is 32.1 Å². The van der Waals surface area contributed by atoms with Crippen LogP contribution in [0.1, 0.15) is 32.8 Å². The van der Waals surface area contributed by atoms with E-state index in [1.165, 1.54) is 4.90 Å². The molecule has 0 aliphatic rings. The van der Waals surface area contributed by atoms with Gasteiger partial charge in [-0.05, 0) is 43.9 Å². The molecule has 0 aliphatic heterocycles. The van der Waals surface area contributed by atoms with Crippen LogP contribution in [0.3, 0.4) is 0 Å². The van der Waals surface area contributed by atoms with Crippen molar-refractivity contribution in [3.05, 3.63) is 23.8 Å². The van der Waals surface area contributed by atoms with Crippen LogP contribution in [-0.2, 0) is 0 Å². The Hall–Kier alpha value is -0.780. The van der Waals surface area contributed by atoms with Gasteiger partial charge >= 0.3 is 0 Å². The standard InChI is InChI=1S/C16H27N3S2/c1-4-19(5-2)12-8-11-18-13-9-7-10-14(21-6-3)15(13)16(17)20/h7,9-10,18H,4-6,8,11-12H2,1-3H3,(H2,17,20). The van der Waals surface area contributed by atoms with Crippen LogP contribution < -0.4 is 11.1 Å². The van der Waals surface area contributed by atoms with Crippen LogP contribution >= 0.6 is 24.0 Å². The van der Waals surface area contributed by atoms with Gasteiger partial charge in [-0.15, -0.1) is 11.8 Å². The summed E-state index contributed by atoms with van der Waals surface area (Å²) in [6.07, 6.45) is 1.11. The predicted molar refractivity (Wildman–Crippen MR) is 99.6 cm³/mol. The number of nitrogens with zero attached hydrogens (tertiary/aromatic N) is 1. The lowest BCUT2D eigenvalue weighted by molar-refractivity contribution is 0.303. The Labute approximate surface area is 138 Å². The Kier molecular flexibility index (Phi) is 8.73. The zero-order chi connectivity index (χ0) is 15.7. The highest BCUT2D eigenvalue weighted by molar-refractivity contribution is 7.99. The number of thiocarbonyl (C=S) groups is 1. The van der Waals surface area contributed by atoms with E-state index in [2.05, 4.69) is 49.2 Å². The fourth-order valence-corrected chi connectivity index (χ4v) is 3.41. The normalized spacial score (nSPS) is 10.9. The third-order valence-corrected chi connectivity index (χ3v) is 4.58. The molecular weight excluding hydrogens is 298 g/mol. The molecule has 21 heavy (non-hydrogen) atoms. The number of rotatable bonds is 10. The molecule has 5 heteroatoms. The van der Waals surface area contributed by atoms with E-state index < -0.39 is 0 Å². The average molecular weight is 326 g/mol. The molecule has 0 fully saturated rings. The van der Waals surface area contributed by atoms with Crippen molar-refractivity contribution >= 4 is 34.7 Å². The maximum absolute atomic E-state index is 5.91. The monoisotopic (exact) mass is 325 g/mol. The van der Waals surface area contributed by atoms with Crippen molar-refractivity contribution in [3.63, 3.8) is 0 Å². The second-order valence-electron chi connectivity index (χ2n) is 4.78. The summed E-state index contributed by atoms with van der Waals surface area (Å²) in [5, 5.41) is 3.49. The van der Waals surface area contributed by atoms with Crippen molar-refractivity contribution in [2.75, 3.05) is 37.2 Å². The van der Waals surface area contributed by atoms with E-state index in [4.69, 9.17) is 18.0 Å². The zero-order valence-electron chi connectivity index (χ0n) is 13.3. The Morgan fingerprint density at radius 1 is 1.29 bits per heavy atom. The van der Waals surface area contributed by atoms with Crippen LogP contribution in [0.25, 0.3) is 0 Å². The molecule has 0 atom stereocenters. The molecule has 0 saturated carbocycles. The van der Waals surface area contributed by atoms with Crippen molar-refractivity contribution in [1.82, 2.24) is 4.90 Å². The van der Waals surface area contributed by atoms with Crippen LogP contribution in [0, 0.1) is 0 Å². The zero-order valence-corrected chi connectivity index (χ0v) is 14.9. The molecule has 1 aromatic rings. The van der Waals surface area contributed by atoms with Gasteiger partial charge in [0.2, 0.25) is 0 Å². The molecule has 0 unspecified atom stereocenters. The van der Waals surface area contributed by atoms with Crippen LogP contribution in [0.2, 0.25) is 0 Å². The van der Waals surface area contributed by atoms with E-state index in [0.717, 1.165) is 49.6 Å². The average Bonchev–Trinajstić information content (AvgIpc) is 2.47. The van der Waals surface area contributed by atoms with E-state index in [9.17, 15) is 0 Å². The SMILES string of the molecule is CCSc1cccc(NCCCN(CC)CC)c1C(N)=S. The largest absolute Gasteiger partial charge is 0.389 e. The third kappa shape index (κ3) is 5.85. The number of hydrogen-bond donors (Lipinski definition) is 2. The summed E-state index contributed by atoms with van der Waals surface area (Å²) in [6, 6.07) is 6.21. The van der Waals surface area contributed by atoms with Crippen LogP contribution in [0.15, 0.2) is 23.1 Å². The lowest BCUT2D eigenvalue weighted by Gasteiger charge is -2.19.